The Morgan fingerprint density at radius 2 is 1.92 bits per heavy atom. The van der Waals surface area contributed by atoms with Gasteiger partial charge in [0.25, 0.3) is 0 Å². The Balaban J connectivity index is 1.62. The van der Waals surface area contributed by atoms with Crippen LogP contribution in [-0.4, -0.2) is 93.8 Å². The van der Waals surface area contributed by atoms with Gasteiger partial charge in [-0.1, -0.05) is 23.7 Å². The van der Waals surface area contributed by atoms with E-state index < -0.39 is 0 Å². The minimum atomic E-state index is 0.205. The number of carbonyl (C=O) groups excluding carboxylic acids is 1. The van der Waals surface area contributed by atoms with Crippen molar-refractivity contribution in [1.29, 1.82) is 0 Å². The van der Waals surface area contributed by atoms with Crippen LogP contribution in [0.3, 0.4) is 0 Å². The Labute approximate surface area is 161 Å². The Morgan fingerprint density at radius 3 is 2.62 bits per heavy atom. The first-order valence-corrected chi connectivity index (χ1v) is 9.53. The summed E-state index contributed by atoms with van der Waals surface area (Å²) in [6.07, 6.45) is 0.944. The van der Waals surface area contributed by atoms with Crippen LogP contribution in [0.25, 0.3) is 0 Å². The first-order chi connectivity index (χ1) is 12.6. The third-order valence-corrected chi connectivity index (χ3v) is 4.83. The number of carbonyl (C=O) groups is 1. The van der Waals surface area contributed by atoms with E-state index >= 15 is 0 Å². The molecular formula is C19H30ClN3O3. The van der Waals surface area contributed by atoms with E-state index in [1.54, 1.807) is 7.11 Å². The molecule has 0 radical (unpaired) electrons. The summed E-state index contributed by atoms with van der Waals surface area (Å²) >= 11 is 6.09. The van der Waals surface area contributed by atoms with E-state index in [-0.39, 0.29) is 5.91 Å². The minimum absolute atomic E-state index is 0.205. The van der Waals surface area contributed by atoms with E-state index in [0.717, 1.165) is 58.0 Å². The molecule has 0 atom stereocenters. The Hall–Kier alpha value is -1.34. The van der Waals surface area contributed by atoms with Gasteiger partial charge in [-0.05, 0) is 25.6 Å². The van der Waals surface area contributed by atoms with Crippen LogP contribution in [0.4, 0.5) is 0 Å². The summed E-state index contributed by atoms with van der Waals surface area (Å²) in [7, 11) is 3.68. The van der Waals surface area contributed by atoms with Crippen molar-refractivity contribution in [2.45, 2.75) is 6.42 Å². The van der Waals surface area contributed by atoms with Crippen LogP contribution in [-0.2, 0) is 9.53 Å². The van der Waals surface area contributed by atoms with Gasteiger partial charge in [-0.15, -0.1) is 0 Å². The largest absolute Gasteiger partial charge is 0.491 e. The zero-order chi connectivity index (χ0) is 18.8. The molecule has 0 spiro atoms. The molecule has 0 saturated carbocycles. The molecule has 6 nitrogen and oxygen atoms in total. The third kappa shape index (κ3) is 7.11. The van der Waals surface area contributed by atoms with E-state index in [4.69, 9.17) is 21.1 Å². The summed E-state index contributed by atoms with van der Waals surface area (Å²) in [6.45, 7) is 6.82. The topological polar surface area (TPSA) is 45.2 Å². The van der Waals surface area contributed by atoms with Gasteiger partial charge in [-0.25, -0.2) is 0 Å². The van der Waals surface area contributed by atoms with Crippen molar-refractivity contribution in [2.24, 2.45) is 0 Å². The fourth-order valence-electron chi connectivity index (χ4n) is 2.96. The van der Waals surface area contributed by atoms with Crippen molar-refractivity contribution < 1.29 is 14.3 Å². The van der Waals surface area contributed by atoms with Gasteiger partial charge in [0, 0.05) is 53.0 Å². The molecule has 2 rings (SSSR count). The number of hydrogen-bond acceptors (Lipinski definition) is 5. The summed E-state index contributed by atoms with van der Waals surface area (Å²) in [5.41, 5.74) is 0. The maximum absolute atomic E-state index is 12.4. The molecule has 1 amide bonds. The van der Waals surface area contributed by atoms with E-state index in [2.05, 4.69) is 9.80 Å². The number of piperazine rings is 1. The molecule has 0 aromatic heterocycles. The number of para-hydroxylation sites is 1. The minimum Gasteiger partial charge on any atom is -0.491 e. The molecule has 7 heteroatoms. The fraction of sp³-hybridized carbons (Fsp3) is 0.632. The lowest BCUT2D eigenvalue weighted by molar-refractivity contribution is -0.133. The second kappa shape index (κ2) is 11.4. The van der Waals surface area contributed by atoms with Gasteiger partial charge in [0.15, 0.2) is 0 Å². The summed E-state index contributed by atoms with van der Waals surface area (Å²) in [4.78, 5) is 18.7. The summed E-state index contributed by atoms with van der Waals surface area (Å²) in [5, 5.41) is 0.637. The van der Waals surface area contributed by atoms with Gasteiger partial charge in [0.2, 0.25) is 5.91 Å². The van der Waals surface area contributed by atoms with E-state index in [9.17, 15) is 4.79 Å². The number of rotatable bonds is 10. The van der Waals surface area contributed by atoms with Crippen LogP contribution < -0.4 is 4.74 Å². The molecule has 0 aliphatic carbocycles. The molecule has 1 aliphatic rings. The molecule has 1 fully saturated rings. The first-order valence-electron chi connectivity index (χ1n) is 9.15. The zero-order valence-electron chi connectivity index (χ0n) is 15.8. The number of hydrogen-bond donors (Lipinski definition) is 0. The molecule has 1 aliphatic heterocycles. The van der Waals surface area contributed by atoms with Crippen molar-refractivity contribution in [3.63, 3.8) is 0 Å². The molecule has 1 saturated heterocycles. The first kappa shape index (κ1) is 21.0. The van der Waals surface area contributed by atoms with Crippen LogP contribution in [0.5, 0.6) is 5.75 Å². The molecule has 1 aromatic rings. The van der Waals surface area contributed by atoms with Gasteiger partial charge in [-0.2, -0.15) is 0 Å². The Morgan fingerprint density at radius 1 is 1.19 bits per heavy atom. The molecule has 146 valence electrons. The van der Waals surface area contributed by atoms with Crippen molar-refractivity contribution in [1.82, 2.24) is 14.7 Å². The summed E-state index contributed by atoms with van der Waals surface area (Å²) in [6, 6.07) is 7.51. The molecule has 0 N–H and O–H groups in total. The number of likely N-dealkylation sites (N-methyl/N-ethyl adjacent to an activating group) is 1. The lowest BCUT2D eigenvalue weighted by Crippen LogP contribution is -2.51. The molecule has 0 unspecified atom stereocenters. The van der Waals surface area contributed by atoms with Crippen molar-refractivity contribution in [3.05, 3.63) is 29.3 Å². The lowest BCUT2D eigenvalue weighted by atomic mass is 10.3. The van der Waals surface area contributed by atoms with E-state index in [1.807, 2.05) is 36.2 Å². The van der Waals surface area contributed by atoms with Crippen molar-refractivity contribution in [3.8, 4) is 5.75 Å². The highest BCUT2D eigenvalue weighted by Crippen LogP contribution is 2.22. The molecule has 1 aromatic carbocycles. The SMILES string of the molecule is COCCCN(C)CC(=O)N1CCN(CCOc2ccccc2Cl)CC1. The van der Waals surface area contributed by atoms with Crippen LogP contribution in [0.1, 0.15) is 6.42 Å². The average Bonchev–Trinajstić information content (AvgIpc) is 2.64. The molecule has 0 bridgehead atoms. The number of amides is 1. The normalized spacial score (nSPS) is 15.5. The van der Waals surface area contributed by atoms with Crippen molar-refractivity contribution >= 4 is 17.5 Å². The predicted octanol–water partition coefficient (Wildman–Crippen LogP) is 1.83. The highest BCUT2D eigenvalue weighted by molar-refractivity contribution is 6.32. The summed E-state index contributed by atoms with van der Waals surface area (Å²) < 4.78 is 10.8. The smallest absolute Gasteiger partial charge is 0.236 e. The van der Waals surface area contributed by atoms with Gasteiger partial charge < -0.3 is 14.4 Å². The average molecular weight is 384 g/mol. The second-order valence-corrected chi connectivity index (χ2v) is 6.99. The van der Waals surface area contributed by atoms with Crippen LogP contribution in [0.2, 0.25) is 5.02 Å². The number of ether oxygens (including phenoxy) is 2. The van der Waals surface area contributed by atoms with Gasteiger partial charge in [-0.3, -0.25) is 14.6 Å². The maximum atomic E-state index is 12.4. The highest BCUT2D eigenvalue weighted by atomic mass is 35.5. The molecule has 1 heterocycles. The van der Waals surface area contributed by atoms with Gasteiger partial charge in [0.1, 0.15) is 12.4 Å². The number of methoxy groups -OCH3 is 1. The maximum Gasteiger partial charge on any atom is 0.236 e. The standard InChI is InChI=1S/C19H30ClN3O3/c1-21(8-5-14-25-2)16-19(24)23-11-9-22(10-12-23)13-15-26-18-7-4-3-6-17(18)20/h3-4,6-7H,5,8-16H2,1-2H3. The zero-order valence-corrected chi connectivity index (χ0v) is 16.6. The van der Waals surface area contributed by atoms with Gasteiger partial charge in [0.05, 0.1) is 11.6 Å². The van der Waals surface area contributed by atoms with E-state index in [1.165, 1.54) is 0 Å². The van der Waals surface area contributed by atoms with E-state index in [0.29, 0.717) is 18.2 Å². The van der Waals surface area contributed by atoms with Crippen LogP contribution >= 0.6 is 11.6 Å². The molecule has 26 heavy (non-hydrogen) atoms. The number of benzene rings is 1. The second-order valence-electron chi connectivity index (χ2n) is 6.59. The summed E-state index contributed by atoms with van der Waals surface area (Å²) in [5.74, 6) is 0.927. The van der Waals surface area contributed by atoms with Gasteiger partial charge >= 0.3 is 0 Å². The number of nitrogens with zero attached hydrogens (tertiary/aromatic N) is 3. The lowest BCUT2D eigenvalue weighted by Gasteiger charge is -2.35. The fourth-order valence-corrected chi connectivity index (χ4v) is 3.15. The van der Waals surface area contributed by atoms with Crippen molar-refractivity contribution in [2.75, 3.05) is 73.2 Å². The highest BCUT2D eigenvalue weighted by Gasteiger charge is 2.21. The monoisotopic (exact) mass is 383 g/mol. The van der Waals surface area contributed by atoms with Crippen LogP contribution in [0, 0.1) is 0 Å². The quantitative estimate of drug-likeness (QED) is 0.577. The third-order valence-electron chi connectivity index (χ3n) is 4.52. The number of halogens is 1. The Kier molecular flexibility index (Phi) is 9.18. The Bertz CT molecular complexity index is 551. The predicted molar refractivity (Wildman–Crippen MR) is 104 cm³/mol. The molecular weight excluding hydrogens is 354 g/mol. The van der Waals surface area contributed by atoms with Crippen LogP contribution in [0.15, 0.2) is 24.3 Å².